The molecule has 3 rings (SSSR count). The zero-order valence-corrected chi connectivity index (χ0v) is 16.2. The third-order valence-corrected chi connectivity index (χ3v) is 6.18. The van der Waals surface area contributed by atoms with E-state index >= 15 is 0 Å². The van der Waals surface area contributed by atoms with E-state index in [4.69, 9.17) is 23.2 Å². The Bertz CT molecular complexity index is 889. The van der Waals surface area contributed by atoms with Gasteiger partial charge in [0.15, 0.2) is 4.34 Å². The molecule has 1 N–H and O–H groups in total. The van der Waals surface area contributed by atoms with E-state index in [1.165, 1.54) is 18.0 Å². The number of halogens is 2. The Labute approximate surface area is 163 Å². The molecule has 0 aliphatic carbocycles. The summed E-state index contributed by atoms with van der Waals surface area (Å²) < 4.78 is 1.95. The number of nitrogens with one attached hydrogen (secondary N) is 1. The fourth-order valence-electron chi connectivity index (χ4n) is 1.99. The van der Waals surface area contributed by atoms with Crippen LogP contribution in [0.1, 0.15) is 12.5 Å². The van der Waals surface area contributed by atoms with Crippen LogP contribution in [0.15, 0.2) is 51.9 Å². The van der Waals surface area contributed by atoms with Gasteiger partial charge in [-0.3, -0.25) is 4.79 Å². The number of fused-ring (bicyclic) bond motifs is 1. The van der Waals surface area contributed by atoms with E-state index in [2.05, 4.69) is 15.5 Å². The molecule has 0 bridgehead atoms. The fraction of sp³-hybridized carbons (Fsp3) is 0.118. The summed E-state index contributed by atoms with van der Waals surface area (Å²) in [6.07, 6.45) is 1.44. The molecule has 128 valence electrons. The van der Waals surface area contributed by atoms with Gasteiger partial charge in [-0.15, -0.1) is 11.3 Å². The number of amides is 1. The average molecular weight is 410 g/mol. The van der Waals surface area contributed by atoms with Gasteiger partial charge in [-0.25, -0.2) is 10.4 Å². The number of thioether (sulfide) groups is 1. The molecule has 0 fully saturated rings. The number of hydrogen-bond donors (Lipinski definition) is 1. The Morgan fingerprint density at radius 1 is 1.24 bits per heavy atom. The van der Waals surface area contributed by atoms with Gasteiger partial charge in [-0.1, -0.05) is 53.2 Å². The van der Waals surface area contributed by atoms with Crippen LogP contribution < -0.4 is 5.43 Å². The lowest BCUT2D eigenvalue weighted by Crippen LogP contribution is -2.26. The predicted octanol–water partition coefficient (Wildman–Crippen LogP) is 5.23. The number of benzene rings is 2. The molecule has 2 aromatic carbocycles. The van der Waals surface area contributed by atoms with Gasteiger partial charge in [0.05, 0.1) is 31.7 Å². The number of aromatic nitrogens is 1. The predicted molar refractivity (Wildman–Crippen MR) is 107 cm³/mol. The van der Waals surface area contributed by atoms with Gasteiger partial charge in [-0.05, 0) is 31.2 Å². The molecule has 0 saturated heterocycles. The van der Waals surface area contributed by atoms with Crippen LogP contribution in [0.4, 0.5) is 0 Å². The lowest BCUT2D eigenvalue weighted by atomic mass is 10.2. The smallest absolute Gasteiger partial charge is 0.253 e. The minimum atomic E-state index is -0.334. The molecule has 25 heavy (non-hydrogen) atoms. The SMILES string of the molecule is CC(Sc1nc2ccccc2s1)C(=O)NN=Cc1c(Cl)cccc1Cl. The number of nitrogens with zero attached hydrogens (tertiary/aromatic N) is 2. The van der Waals surface area contributed by atoms with E-state index in [1.54, 1.807) is 29.5 Å². The van der Waals surface area contributed by atoms with Crippen LogP contribution >= 0.6 is 46.3 Å². The molecule has 3 aromatic rings. The van der Waals surface area contributed by atoms with Crippen LogP contribution in [-0.2, 0) is 4.79 Å². The Hall–Kier alpha value is -1.60. The zero-order valence-electron chi connectivity index (χ0n) is 13.1. The zero-order chi connectivity index (χ0) is 17.8. The molecule has 0 aliphatic heterocycles. The van der Waals surface area contributed by atoms with Gasteiger partial charge in [0.2, 0.25) is 0 Å². The van der Waals surface area contributed by atoms with Crippen molar-refractivity contribution in [2.45, 2.75) is 16.5 Å². The fourth-order valence-corrected chi connectivity index (χ4v) is 4.69. The number of carbonyl (C=O) groups excluding carboxylic acids is 1. The van der Waals surface area contributed by atoms with Crippen molar-refractivity contribution in [2.24, 2.45) is 5.10 Å². The van der Waals surface area contributed by atoms with Gasteiger partial charge < -0.3 is 0 Å². The quantitative estimate of drug-likeness (QED) is 0.356. The lowest BCUT2D eigenvalue weighted by Gasteiger charge is -2.07. The molecular weight excluding hydrogens is 397 g/mol. The molecular formula is C17H13Cl2N3OS2. The first-order valence-corrected chi connectivity index (χ1v) is 9.79. The molecule has 0 saturated carbocycles. The first-order chi connectivity index (χ1) is 12.0. The number of para-hydroxylation sites is 1. The van der Waals surface area contributed by atoms with Gasteiger partial charge in [-0.2, -0.15) is 5.10 Å². The first kappa shape index (κ1) is 18.2. The van der Waals surface area contributed by atoms with E-state index in [1.807, 2.05) is 31.2 Å². The molecule has 8 heteroatoms. The Morgan fingerprint density at radius 3 is 2.68 bits per heavy atom. The molecule has 1 heterocycles. The summed E-state index contributed by atoms with van der Waals surface area (Å²) >= 11 is 15.1. The van der Waals surface area contributed by atoms with Gasteiger partial charge in [0.1, 0.15) is 0 Å². The monoisotopic (exact) mass is 409 g/mol. The van der Waals surface area contributed by atoms with Crippen molar-refractivity contribution in [3.8, 4) is 0 Å². The highest BCUT2D eigenvalue weighted by atomic mass is 35.5. The van der Waals surface area contributed by atoms with E-state index < -0.39 is 0 Å². The molecule has 1 aromatic heterocycles. The van der Waals surface area contributed by atoms with Crippen LogP contribution in [0.25, 0.3) is 10.2 Å². The van der Waals surface area contributed by atoms with Gasteiger partial charge in [0.25, 0.3) is 5.91 Å². The standard InChI is InChI=1S/C17H13Cl2N3OS2/c1-10(24-17-21-14-7-2-3-8-15(14)25-17)16(23)22-20-9-11-12(18)5-4-6-13(11)19/h2-10H,1H3,(H,22,23). The summed E-state index contributed by atoms with van der Waals surface area (Å²) in [5.74, 6) is -0.219. The number of carbonyl (C=O) groups is 1. The topological polar surface area (TPSA) is 54.4 Å². The molecule has 1 amide bonds. The maximum Gasteiger partial charge on any atom is 0.253 e. The van der Waals surface area contributed by atoms with E-state index in [0.29, 0.717) is 15.6 Å². The Morgan fingerprint density at radius 2 is 1.96 bits per heavy atom. The summed E-state index contributed by atoms with van der Waals surface area (Å²) in [7, 11) is 0. The second-order valence-corrected chi connectivity index (χ2v) is 8.51. The average Bonchev–Trinajstić information content (AvgIpc) is 2.99. The molecule has 0 spiro atoms. The van der Waals surface area contributed by atoms with Crippen molar-refractivity contribution in [2.75, 3.05) is 0 Å². The normalized spacial score (nSPS) is 12.6. The molecule has 1 unspecified atom stereocenters. The van der Waals surface area contributed by atoms with Crippen LogP contribution in [-0.4, -0.2) is 22.4 Å². The van der Waals surface area contributed by atoms with Crippen LogP contribution in [0.2, 0.25) is 10.0 Å². The Kier molecular flexibility index (Phi) is 5.96. The van der Waals surface area contributed by atoms with E-state index in [0.717, 1.165) is 14.6 Å². The molecule has 0 radical (unpaired) electrons. The molecule has 1 atom stereocenters. The van der Waals surface area contributed by atoms with E-state index in [9.17, 15) is 4.79 Å². The minimum Gasteiger partial charge on any atom is -0.272 e. The van der Waals surface area contributed by atoms with Crippen molar-refractivity contribution in [1.82, 2.24) is 10.4 Å². The van der Waals surface area contributed by atoms with Crippen molar-refractivity contribution >= 4 is 68.6 Å². The van der Waals surface area contributed by atoms with Gasteiger partial charge in [0, 0.05) is 5.56 Å². The second-order valence-electron chi connectivity index (χ2n) is 5.08. The summed E-state index contributed by atoms with van der Waals surface area (Å²) in [5.41, 5.74) is 4.01. The number of rotatable bonds is 5. The summed E-state index contributed by atoms with van der Waals surface area (Å²) in [5, 5.41) is 4.56. The molecule has 4 nitrogen and oxygen atoms in total. The number of hydrazone groups is 1. The Balaban J connectivity index is 1.61. The maximum absolute atomic E-state index is 12.2. The summed E-state index contributed by atoms with van der Waals surface area (Å²) in [6, 6.07) is 13.1. The molecule has 0 aliphatic rings. The van der Waals surface area contributed by atoms with Crippen LogP contribution in [0, 0.1) is 0 Å². The lowest BCUT2D eigenvalue weighted by molar-refractivity contribution is -0.120. The summed E-state index contributed by atoms with van der Waals surface area (Å²) in [4.78, 5) is 16.7. The van der Waals surface area contributed by atoms with Crippen molar-refractivity contribution < 1.29 is 4.79 Å². The third kappa shape index (κ3) is 4.52. The highest BCUT2D eigenvalue weighted by molar-refractivity contribution is 8.02. The summed E-state index contributed by atoms with van der Waals surface area (Å²) in [6.45, 7) is 1.81. The second kappa shape index (κ2) is 8.19. The van der Waals surface area contributed by atoms with E-state index in [-0.39, 0.29) is 11.2 Å². The highest BCUT2D eigenvalue weighted by Crippen LogP contribution is 2.31. The number of thiazole rings is 1. The third-order valence-electron chi connectivity index (χ3n) is 3.29. The largest absolute Gasteiger partial charge is 0.272 e. The number of hydrogen-bond acceptors (Lipinski definition) is 5. The van der Waals surface area contributed by atoms with Crippen molar-refractivity contribution in [1.29, 1.82) is 0 Å². The highest BCUT2D eigenvalue weighted by Gasteiger charge is 2.16. The van der Waals surface area contributed by atoms with Gasteiger partial charge >= 0.3 is 0 Å². The van der Waals surface area contributed by atoms with Crippen LogP contribution in [0.5, 0.6) is 0 Å². The maximum atomic E-state index is 12.2. The minimum absolute atomic E-state index is 0.219. The first-order valence-electron chi connectivity index (χ1n) is 7.34. The van der Waals surface area contributed by atoms with Crippen molar-refractivity contribution in [3.05, 3.63) is 58.1 Å². The van der Waals surface area contributed by atoms with Crippen LogP contribution in [0.3, 0.4) is 0 Å². The van der Waals surface area contributed by atoms with Crippen molar-refractivity contribution in [3.63, 3.8) is 0 Å².